The Morgan fingerprint density at radius 3 is 2.46 bits per heavy atom. The fraction of sp³-hybridized carbons (Fsp3) is 0.0556. The van der Waals surface area contributed by atoms with Gasteiger partial charge >= 0.3 is 0 Å². The number of sulfonamides is 1. The van der Waals surface area contributed by atoms with Crippen molar-refractivity contribution in [2.45, 2.75) is 11.8 Å². The van der Waals surface area contributed by atoms with Crippen LogP contribution < -0.4 is 4.72 Å². The molecule has 6 heteroatoms. The fourth-order valence-electron chi connectivity index (χ4n) is 2.09. The summed E-state index contributed by atoms with van der Waals surface area (Å²) in [5.74, 6) is 0.589. The number of aryl methyl sites for hydroxylation is 1. The molecule has 0 aliphatic carbocycles. The van der Waals surface area contributed by atoms with E-state index in [1.165, 1.54) is 0 Å². The lowest BCUT2D eigenvalue weighted by atomic mass is 10.2. The summed E-state index contributed by atoms with van der Waals surface area (Å²) in [6.45, 7) is 1.91. The van der Waals surface area contributed by atoms with Gasteiger partial charge in [-0.15, -0.1) is 0 Å². The van der Waals surface area contributed by atoms with Gasteiger partial charge in [-0.2, -0.15) is 0 Å². The lowest BCUT2D eigenvalue weighted by Gasteiger charge is -2.10. The van der Waals surface area contributed by atoms with Crippen LogP contribution in [0.5, 0.6) is 0 Å². The van der Waals surface area contributed by atoms with Gasteiger partial charge in [0.2, 0.25) is 0 Å². The van der Waals surface area contributed by atoms with E-state index >= 15 is 0 Å². The third-order valence-electron chi connectivity index (χ3n) is 3.35. The van der Waals surface area contributed by atoms with Crippen molar-refractivity contribution in [2.24, 2.45) is 4.99 Å². The molecular weight excluding hydrogens is 324 g/mol. The van der Waals surface area contributed by atoms with E-state index < -0.39 is 10.0 Å². The van der Waals surface area contributed by atoms with Gasteiger partial charge in [0.25, 0.3) is 10.0 Å². The van der Waals surface area contributed by atoms with Gasteiger partial charge < -0.3 is 4.42 Å². The maximum absolute atomic E-state index is 12.5. The summed E-state index contributed by atoms with van der Waals surface area (Å²) in [6.07, 6.45) is 3.09. The van der Waals surface area contributed by atoms with Crippen molar-refractivity contribution in [3.8, 4) is 0 Å². The van der Waals surface area contributed by atoms with Crippen molar-refractivity contribution in [3.63, 3.8) is 0 Å². The molecule has 0 atom stereocenters. The Labute approximate surface area is 140 Å². The smallest absolute Gasteiger partial charge is 0.261 e. The lowest BCUT2D eigenvalue weighted by Crippen LogP contribution is -2.13. The summed E-state index contributed by atoms with van der Waals surface area (Å²) in [5, 5.41) is 0. The second kappa shape index (κ2) is 6.72. The number of benzene rings is 2. The molecule has 2 aromatic carbocycles. The molecule has 24 heavy (non-hydrogen) atoms. The zero-order chi connectivity index (χ0) is 17.0. The molecule has 0 fully saturated rings. The average molecular weight is 340 g/mol. The van der Waals surface area contributed by atoms with Crippen molar-refractivity contribution < 1.29 is 12.8 Å². The summed E-state index contributed by atoms with van der Waals surface area (Å²) in [6, 6.07) is 17.1. The minimum absolute atomic E-state index is 0.206. The summed E-state index contributed by atoms with van der Waals surface area (Å²) >= 11 is 0. The van der Waals surface area contributed by atoms with Gasteiger partial charge in [-0.3, -0.25) is 9.71 Å². The summed E-state index contributed by atoms with van der Waals surface area (Å²) in [4.78, 5) is 4.50. The minimum atomic E-state index is -3.67. The number of para-hydroxylation sites is 2. The van der Waals surface area contributed by atoms with Crippen molar-refractivity contribution in [1.29, 1.82) is 0 Å². The van der Waals surface area contributed by atoms with E-state index in [9.17, 15) is 8.42 Å². The van der Waals surface area contributed by atoms with Gasteiger partial charge in [0.1, 0.15) is 5.76 Å². The van der Waals surface area contributed by atoms with Gasteiger partial charge in [-0.25, -0.2) is 8.42 Å². The highest BCUT2D eigenvalue weighted by molar-refractivity contribution is 7.92. The Balaban J connectivity index is 1.88. The topological polar surface area (TPSA) is 71.7 Å². The molecule has 0 aliphatic heterocycles. The first-order valence-corrected chi connectivity index (χ1v) is 8.79. The Hall–Kier alpha value is -2.86. The number of hydrogen-bond acceptors (Lipinski definition) is 4. The molecule has 1 heterocycles. The number of anilines is 1. The van der Waals surface area contributed by atoms with Crippen molar-refractivity contribution >= 4 is 27.6 Å². The van der Waals surface area contributed by atoms with Gasteiger partial charge in [0, 0.05) is 0 Å². The van der Waals surface area contributed by atoms with Crippen LogP contribution in [0.1, 0.15) is 11.3 Å². The van der Waals surface area contributed by atoms with Gasteiger partial charge in [-0.1, -0.05) is 29.8 Å². The molecule has 122 valence electrons. The van der Waals surface area contributed by atoms with E-state index in [1.54, 1.807) is 73.1 Å². The van der Waals surface area contributed by atoms with E-state index in [0.717, 1.165) is 5.56 Å². The van der Waals surface area contributed by atoms with Crippen LogP contribution in [0.2, 0.25) is 0 Å². The number of hydrogen-bond donors (Lipinski definition) is 1. The van der Waals surface area contributed by atoms with E-state index in [1.807, 2.05) is 6.92 Å². The van der Waals surface area contributed by atoms with Gasteiger partial charge in [0.05, 0.1) is 28.7 Å². The Morgan fingerprint density at radius 2 is 1.75 bits per heavy atom. The minimum Gasteiger partial charge on any atom is -0.463 e. The first-order valence-electron chi connectivity index (χ1n) is 7.31. The Kier molecular flexibility index (Phi) is 4.48. The molecule has 0 unspecified atom stereocenters. The van der Waals surface area contributed by atoms with Crippen molar-refractivity contribution in [2.75, 3.05) is 4.72 Å². The molecule has 0 saturated carbocycles. The zero-order valence-electron chi connectivity index (χ0n) is 13.0. The van der Waals surface area contributed by atoms with E-state index in [2.05, 4.69) is 9.71 Å². The van der Waals surface area contributed by atoms with Crippen LogP contribution in [0.25, 0.3) is 0 Å². The molecule has 0 radical (unpaired) electrons. The Bertz CT molecular complexity index is 944. The molecule has 0 saturated heterocycles. The standard InChI is InChI=1S/C18H16N2O3S/c1-14-8-10-16(11-9-14)24(21,22)20-18-7-3-2-6-17(18)19-13-15-5-4-12-23-15/h2-13,20H,1H3. The van der Waals surface area contributed by atoms with Crippen LogP contribution in [0.4, 0.5) is 11.4 Å². The predicted molar refractivity (Wildman–Crippen MR) is 94.4 cm³/mol. The van der Waals surface area contributed by atoms with Crippen LogP contribution in [0, 0.1) is 6.92 Å². The van der Waals surface area contributed by atoms with Gasteiger partial charge in [-0.05, 0) is 43.3 Å². The molecule has 3 rings (SSSR count). The third-order valence-corrected chi connectivity index (χ3v) is 4.74. The maximum atomic E-state index is 12.5. The molecule has 0 aliphatic rings. The predicted octanol–water partition coefficient (Wildman–Crippen LogP) is 4.14. The third kappa shape index (κ3) is 3.72. The summed E-state index contributed by atoms with van der Waals surface area (Å²) in [7, 11) is -3.67. The lowest BCUT2D eigenvalue weighted by molar-refractivity contribution is 0.560. The SMILES string of the molecule is Cc1ccc(S(=O)(=O)Nc2ccccc2N=Cc2ccco2)cc1. The number of nitrogens with zero attached hydrogens (tertiary/aromatic N) is 1. The number of aliphatic imine (C=N–C) groups is 1. The average Bonchev–Trinajstić information content (AvgIpc) is 3.07. The number of rotatable bonds is 5. The Morgan fingerprint density at radius 1 is 1.00 bits per heavy atom. The highest BCUT2D eigenvalue weighted by atomic mass is 32.2. The molecule has 1 N–H and O–H groups in total. The second-order valence-corrected chi connectivity index (χ2v) is 6.89. The first kappa shape index (κ1) is 16.0. The maximum Gasteiger partial charge on any atom is 0.261 e. The summed E-state index contributed by atoms with van der Waals surface area (Å²) in [5.41, 5.74) is 1.91. The monoisotopic (exact) mass is 340 g/mol. The normalized spacial score (nSPS) is 11.7. The highest BCUT2D eigenvalue weighted by Gasteiger charge is 2.15. The van der Waals surface area contributed by atoms with E-state index in [0.29, 0.717) is 17.1 Å². The highest BCUT2D eigenvalue weighted by Crippen LogP contribution is 2.27. The van der Waals surface area contributed by atoms with Crippen LogP contribution in [0.3, 0.4) is 0 Å². The second-order valence-electron chi connectivity index (χ2n) is 5.21. The largest absolute Gasteiger partial charge is 0.463 e. The van der Waals surface area contributed by atoms with Crippen LogP contribution in [0.15, 0.2) is 81.2 Å². The van der Waals surface area contributed by atoms with Crippen molar-refractivity contribution in [3.05, 3.63) is 78.3 Å². The first-order chi connectivity index (χ1) is 11.5. The molecule has 0 spiro atoms. The molecular formula is C18H16N2O3S. The van der Waals surface area contributed by atoms with Crippen molar-refractivity contribution in [1.82, 2.24) is 0 Å². The van der Waals surface area contributed by atoms with Crippen LogP contribution in [-0.4, -0.2) is 14.6 Å². The molecule has 3 aromatic rings. The van der Waals surface area contributed by atoms with Crippen LogP contribution >= 0.6 is 0 Å². The molecule has 5 nitrogen and oxygen atoms in total. The van der Waals surface area contributed by atoms with Gasteiger partial charge in [0.15, 0.2) is 0 Å². The fourth-order valence-corrected chi connectivity index (χ4v) is 3.17. The zero-order valence-corrected chi connectivity index (χ0v) is 13.8. The van der Waals surface area contributed by atoms with E-state index in [-0.39, 0.29) is 4.90 Å². The van der Waals surface area contributed by atoms with E-state index in [4.69, 9.17) is 4.42 Å². The molecule has 0 bridgehead atoms. The molecule has 0 amide bonds. The number of nitrogens with one attached hydrogen (secondary N) is 1. The number of furan rings is 1. The summed E-state index contributed by atoms with van der Waals surface area (Å²) < 4.78 is 32.8. The molecule has 1 aromatic heterocycles. The quantitative estimate of drug-likeness (QED) is 0.710. The van der Waals surface area contributed by atoms with Crippen LogP contribution in [-0.2, 0) is 10.0 Å².